The molecule has 0 aliphatic carbocycles. The quantitative estimate of drug-likeness (QED) is 0.0578. The van der Waals surface area contributed by atoms with Crippen LogP contribution in [0.15, 0.2) is 0 Å². The Morgan fingerprint density at radius 3 is 0.442 bits per heavy atom. The molecule has 4 heteroatoms. The van der Waals surface area contributed by atoms with Crippen LogP contribution in [0.4, 0.5) is 0 Å². The summed E-state index contributed by atoms with van der Waals surface area (Å²) in [5.74, 6) is 0. The van der Waals surface area contributed by atoms with Crippen LogP contribution in [-0.2, 0) is 0 Å². The molecule has 0 saturated heterocycles. The molecule has 0 aromatic rings. The maximum atomic E-state index is 2.90. The van der Waals surface area contributed by atoms with Gasteiger partial charge in [-0.1, -0.05) is 196 Å². The minimum atomic E-state index is 1.26. The highest BCUT2D eigenvalue weighted by molar-refractivity contribution is 4.70. The van der Waals surface area contributed by atoms with E-state index in [0.717, 1.165) is 0 Å². The minimum absolute atomic E-state index is 1.26. The van der Waals surface area contributed by atoms with Gasteiger partial charge in [-0.2, -0.15) is 0 Å². The lowest BCUT2D eigenvalue weighted by Gasteiger charge is -2.32. The first kappa shape index (κ1) is 51.8. The Labute approximate surface area is 331 Å². The zero-order valence-electron chi connectivity index (χ0n) is 37.5. The molecule has 314 valence electrons. The molecule has 0 spiro atoms. The summed E-state index contributed by atoms with van der Waals surface area (Å²) in [4.78, 5) is 11.5. The first-order valence-corrected chi connectivity index (χ1v) is 24.5. The topological polar surface area (TPSA) is 13.0 Å². The zero-order valence-corrected chi connectivity index (χ0v) is 37.5. The number of hydrogen-bond acceptors (Lipinski definition) is 4. The molecule has 0 aromatic carbocycles. The van der Waals surface area contributed by atoms with Gasteiger partial charge in [0.25, 0.3) is 0 Å². The predicted molar refractivity (Wildman–Crippen MR) is 238 cm³/mol. The Morgan fingerprint density at radius 1 is 0.154 bits per heavy atom. The summed E-state index contributed by atoms with van der Waals surface area (Å²) < 4.78 is 0. The van der Waals surface area contributed by atoms with Crippen LogP contribution >= 0.6 is 0 Å². The lowest BCUT2D eigenvalue weighted by molar-refractivity contribution is 0.155. The molecule has 0 heterocycles. The summed E-state index contributed by atoms with van der Waals surface area (Å²) >= 11 is 0. The third kappa shape index (κ3) is 36.8. The molecule has 0 N–H and O–H groups in total. The number of unbranched alkanes of at least 4 members (excludes halogenated alkanes) is 24. The second kappa shape index (κ2) is 43.6. The number of nitrogens with zero attached hydrogens (tertiary/aromatic N) is 4. The second-order valence-electron chi connectivity index (χ2n) is 16.9. The lowest BCUT2D eigenvalue weighted by atomic mass is 10.1. The third-order valence-corrected chi connectivity index (χ3v) is 11.7. The Bertz CT molecular complexity index is 560. The van der Waals surface area contributed by atoms with Crippen molar-refractivity contribution in [3.8, 4) is 0 Å². The molecule has 0 radical (unpaired) electrons. The van der Waals surface area contributed by atoms with Crippen LogP contribution in [0.5, 0.6) is 0 Å². The molecular formula is C48H102N4. The molecule has 0 saturated carbocycles. The van der Waals surface area contributed by atoms with E-state index in [-0.39, 0.29) is 0 Å². The van der Waals surface area contributed by atoms with Gasteiger partial charge in [-0.3, -0.25) is 0 Å². The van der Waals surface area contributed by atoms with Gasteiger partial charge >= 0.3 is 0 Å². The van der Waals surface area contributed by atoms with Gasteiger partial charge in [-0.05, 0) is 77.8 Å². The van der Waals surface area contributed by atoms with E-state index in [9.17, 15) is 0 Å². The van der Waals surface area contributed by atoms with Crippen LogP contribution in [0.2, 0.25) is 0 Å². The van der Waals surface area contributed by atoms with Crippen molar-refractivity contribution >= 4 is 0 Å². The van der Waals surface area contributed by atoms with Crippen LogP contribution < -0.4 is 0 Å². The average Bonchev–Trinajstić information content (AvgIpc) is 3.15. The Balaban J connectivity index is 5.47. The van der Waals surface area contributed by atoms with Crippen LogP contribution in [0.1, 0.15) is 234 Å². The molecule has 0 atom stereocenters. The maximum absolute atomic E-state index is 2.90. The second-order valence-corrected chi connectivity index (χ2v) is 16.9. The first-order chi connectivity index (χ1) is 25.6. The monoisotopic (exact) mass is 735 g/mol. The van der Waals surface area contributed by atoms with Gasteiger partial charge < -0.3 is 19.6 Å². The molecule has 0 aliphatic heterocycles. The highest BCUT2D eigenvalue weighted by atomic mass is 15.2. The SMILES string of the molecule is CCCCCCCN(CCCCCCC)CCN(CCCCCCC)CCN(CCCCCCC)CCN(CCCCCCC)CCCCCCC. The first-order valence-electron chi connectivity index (χ1n) is 24.5. The van der Waals surface area contributed by atoms with Crippen molar-refractivity contribution in [1.29, 1.82) is 0 Å². The maximum Gasteiger partial charge on any atom is 0.0110 e. The van der Waals surface area contributed by atoms with E-state index >= 15 is 0 Å². The lowest BCUT2D eigenvalue weighted by Crippen LogP contribution is -2.43. The summed E-state index contributed by atoms with van der Waals surface area (Å²) in [5.41, 5.74) is 0. The van der Waals surface area contributed by atoms with Crippen molar-refractivity contribution in [3.63, 3.8) is 0 Å². The fraction of sp³-hybridized carbons (Fsp3) is 1.00. The Hall–Kier alpha value is -0.160. The summed E-state index contributed by atoms with van der Waals surface area (Å²) in [7, 11) is 0. The smallest absolute Gasteiger partial charge is 0.0110 e. The molecule has 0 fully saturated rings. The molecule has 0 amide bonds. The van der Waals surface area contributed by atoms with Crippen LogP contribution in [0, 0.1) is 0 Å². The van der Waals surface area contributed by atoms with E-state index in [2.05, 4.69) is 61.1 Å². The number of hydrogen-bond donors (Lipinski definition) is 0. The van der Waals surface area contributed by atoms with E-state index in [0.29, 0.717) is 0 Å². The highest BCUT2D eigenvalue weighted by Gasteiger charge is 2.14. The van der Waals surface area contributed by atoms with E-state index in [1.54, 1.807) is 0 Å². The Kier molecular flexibility index (Phi) is 43.4. The predicted octanol–water partition coefficient (Wildman–Crippen LogP) is 14.0. The van der Waals surface area contributed by atoms with Crippen molar-refractivity contribution in [3.05, 3.63) is 0 Å². The van der Waals surface area contributed by atoms with E-state index in [1.165, 1.54) is 271 Å². The minimum Gasteiger partial charge on any atom is -0.302 e. The van der Waals surface area contributed by atoms with Crippen molar-refractivity contribution < 1.29 is 0 Å². The molecule has 0 bridgehead atoms. The normalized spacial score (nSPS) is 12.1. The van der Waals surface area contributed by atoms with Crippen molar-refractivity contribution in [2.24, 2.45) is 0 Å². The molecule has 0 aliphatic rings. The van der Waals surface area contributed by atoms with Crippen molar-refractivity contribution in [2.45, 2.75) is 234 Å². The fourth-order valence-corrected chi connectivity index (χ4v) is 7.82. The van der Waals surface area contributed by atoms with Gasteiger partial charge in [-0.25, -0.2) is 0 Å². The third-order valence-electron chi connectivity index (χ3n) is 11.7. The molecule has 4 nitrogen and oxygen atoms in total. The molecule has 52 heavy (non-hydrogen) atoms. The summed E-state index contributed by atoms with van der Waals surface area (Å²) in [6.07, 6.45) is 41.9. The van der Waals surface area contributed by atoms with Gasteiger partial charge in [0.2, 0.25) is 0 Å². The van der Waals surface area contributed by atoms with Crippen LogP contribution in [-0.4, -0.2) is 98.1 Å². The molecule has 0 unspecified atom stereocenters. The summed E-state index contributed by atoms with van der Waals surface area (Å²) in [5, 5.41) is 0. The van der Waals surface area contributed by atoms with E-state index < -0.39 is 0 Å². The van der Waals surface area contributed by atoms with Gasteiger partial charge in [0.15, 0.2) is 0 Å². The summed E-state index contributed by atoms with van der Waals surface area (Å²) in [6.45, 7) is 29.5. The van der Waals surface area contributed by atoms with Crippen LogP contribution in [0.25, 0.3) is 0 Å². The van der Waals surface area contributed by atoms with Gasteiger partial charge in [0.1, 0.15) is 0 Å². The largest absolute Gasteiger partial charge is 0.302 e. The molecular weight excluding hydrogens is 633 g/mol. The number of rotatable bonds is 45. The highest BCUT2D eigenvalue weighted by Crippen LogP contribution is 2.12. The van der Waals surface area contributed by atoms with Gasteiger partial charge in [-0.15, -0.1) is 0 Å². The van der Waals surface area contributed by atoms with Crippen molar-refractivity contribution in [1.82, 2.24) is 19.6 Å². The van der Waals surface area contributed by atoms with E-state index in [1.807, 2.05) is 0 Å². The zero-order chi connectivity index (χ0) is 38.0. The Morgan fingerprint density at radius 2 is 0.288 bits per heavy atom. The fourth-order valence-electron chi connectivity index (χ4n) is 7.82. The van der Waals surface area contributed by atoms with Gasteiger partial charge in [0.05, 0.1) is 0 Å². The van der Waals surface area contributed by atoms with E-state index in [4.69, 9.17) is 0 Å². The average molecular weight is 735 g/mol. The van der Waals surface area contributed by atoms with Crippen molar-refractivity contribution in [2.75, 3.05) is 78.5 Å². The summed E-state index contributed by atoms with van der Waals surface area (Å²) in [6, 6.07) is 0. The van der Waals surface area contributed by atoms with Crippen LogP contribution in [0.3, 0.4) is 0 Å². The molecule has 0 aromatic heterocycles. The standard InChI is InChI=1S/C48H102N4/c1-7-13-19-25-31-37-49(38-32-26-20-14-8-2)43-45-51(41-35-29-23-17-11-5)47-48-52(42-36-30-24-18-12-6)46-44-50(39-33-27-21-15-9-3)40-34-28-22-16-10-4/h7-48H2,1-6H3. The molecule has 0 rings (SSSR count). The van der Waals surface area contributed by atoms with Gasteiger partial charge in [0, 0.05) is 39.3 Å².